The third-order valence-electron chi connectivity index (χ3n) is 4.14. The maximum atomic E-state index is 11.3. The van der Waals surface area contributed by atoms with Gasteiger partial charge in [0.1, 0.15) is 5.01 Å². The number of amides is 1. The predicted octanol–water partition coefficient (Wildman–Crippen LogP) is 2.06. The van der Waals surface area contributed by atoms with Crippen LogP contribution in [0.3, 0.4) is 0 Å². The van der Waals surface area contributed by atoms with Crippen molar-refractivity contribution < 1.29 is 4.79 Å². The van der Waals surface area contributed by atoms with Gasteiger partial charge in [-0.3, -0.25) is 9.79 Å². The minimum absolute atomic E-state index is 0.335. The van der Waals surface area contributed by atoms with Crippen LogP contribution in [-0.2, 0) is 7.05 Å². The molecule has 0 bridgehead atoms. The van der Waals surface area contributed by atoms with Gasteiger partial charge in [0.05, 0.1) is 11.6 Å². The monoisotopic (exact) mass is 331 g/mol. The maximum absolute atomic E-state index is 11.3. The number of carbonyl (C=O) groups is 1. The van der Waals surface area contributed by atoms with Crippen LogP contribution >= 0.6 is 11.3 Å². The molecular formula is C16H21N5OS. The van der Waals surface area contributed by atoms with E-state index in [-0.39, 0.29) is 0 Å². The molecule has 2 aromatic rings. The number of benzene rings is 1. The molecule has 23 heavy (non-hydrogen) atoms. The molecule has 1 aromatic carbocycles. The minimum atomic E-state index is -0.522. The molecule has 0 spiro atoms. The van der Waals surface area contributed by atoms with Crippen LogP contribution in [0, 0.1) is 0 Å². The first-order valence-corrected chi connectivity index (χ1v) is 8.64. The van der Waals surface area contributed by atoms with E-state index in [1.165, 1.54) is 19.3 Å². The van der Waals surface area contributed by atoms with Crippen molar-refractivity contribution >= 4 is 22.9 Å². The summed E-state index contributed by atoms with van der Waals surface area (Å²) < 4.78 is 1.81. The summed E-state index contributed by atoms with van der Waals surface area (Å²) in [5, 5.41) is 5.37. The molecule has 1 aliphatic rings. The van der Waals surface area contributed by atoms with Gasteiger partial charge in [0.2, 0.25) is 4.80 Å². The molecule has 1 heterocycles. The zero-order valence-electron chi connectivity index (χ0n) is 13.2. The van der Waals surface area contributed by atoms with Crippen molar-refractivity contribution in [1.82, 2.24) is 9.78 Å². The number of anilines is 1. The van der Waals surface area contributed by atoms with Gasteiger partial charge in [0.25, 0.3) is 5.91 Å². The molecule has 1 aromatic heterocycles. The Hall–Kier alpha value is -2.15. The van der Waals surface area contributed by atoms with E-state index in [0.29, 0.717) is 17.3 Å². The minimum Gasteiger partial charge on any atom is -0.398 e. The Morgan fingerprint density at radius 1 is 1.35 bits per heavy atom. The van der Waals surface area contributed by atoms with Gasteiger partial charge in [-0.1, -0.05) is 36.7 Å². The third-order valence-corrected chi connectivity index (χ3v) is 5.20. The highest BCUT2D eigenvalue weighted by Gasteiger charge is 2.14. The van der Waals surface area contributed by atoms with Crippen molar-refractivity contribution in [2.75, 3.05) is 5.73 Å². The normalized spacial score (nSPS) is 16.7. The number of nitrogens with two attached hydrogens (primary N) is 2. The fourth-order valence-electron chi connectivity index (χ4n) is 2.86. The Balaban J connectivity index is 1.92. The van der Waals surface area contributed by atoms with Gasteiger partial charge in [-0.2, -0.15) is 5.10 Å². The molecule has 1 fully saturated rings. The van der Waals surface area contributed by atoms with Crippen LogP contribution in [-0.4, -0.2) is 21.7 Å². The number of primary amides is 1. The van der Waals surface area contributed by atoms with Gasteiger partial charge in [0, 0.05) is 18.3 Å². The Morgan fingerprint density at radius 2 is 2.09 bits per heavy atom. The van der Waals surface area contributed by atoms with E-state index in [0.717, 1.165) is 28.2 Å². The molecular weight excluding hydrogens is 310 g/mol. The first kappa shape index (κ1) is 15.7. The quantitative estimate of drug-likeness (QED) is 0.842. The van der Waals surface area contributed by atoms with Gasteiger partial charge in [-0.25, -0.2) is 4.68 Å². The van der Waals surface area contributed by atoms with Crippen molar-refractivity contribution in [2.24, 2.45) is 17.8 Å². The van der Waals surface area contributed by atoms with Gasteiger partial charge in [0.15, 0.2) is 0 Å². The molecule has 4 N–H and O–H groups in total. The Morgan fingerprint density at radius 3 is 2.74 bits per heavy atom. The van der Waals surface area contributed by atoms with Crippen molar-refractivity contribution in [3.63, 3.8) is 0 Å². The molecule has 1 amide bonds. The van der Waals surface area contributed by atoms with Crippen molar-refractivity contribution in [2.45, 2.75) is 38.1 Å². The molecule has 0 atom stereocenters. The Kier molecular flexibility index (Phi) is 4.47. The van der Waals surface area contributed by atoms with Crippen LogP contribution in [0.2, 0.25) is 0 Å². The van der Waals surface area contributed by atoms with Crippen LogP contribution in [0.4, 0.5) is 5.69 Å². The van der Waals surface area contributed by atoms with Gasteiger partial charge >= 0.3 is 0 Å². The lowest BCUT2D eigenvalue weighted by molar-refractivity contribution is 0.100. The zero-order valence-corrected chi connectivity index (χ0v) is 14.0. The summed E-state index contributed by atoms with van der Waals surface area (Å²) >= 11 is 1.54. The summed E-state index contributed by atoms with van der Waals surface area (Å²) in [7, 11) is 1.91. The number of nitrogens with zero attached hydrogens (tertiary/aromatic N) is 3. The van der Waals surface area contributed by atoms with Gasteiger partial charge in [-0.15, -0.1) is 0 Å². The second kappa shape index (κ2) is 6.54. The highest BCUT2D eigenvalue weighted by Crippen LogP contribution is 2.24. The predicted molar refractivity (Wildman–Crippen MR) is 91.9 cm³/mol. The molecule has 0 aliphatic heterocycles. The molecule has 6 nitrogen and oxygen atoms in total. The summed E-state index contributed by atoms with van der Waals surface area (Å²) in [5.74, 6) is -0.522. The van der Waals surface area contributed by atoms with Crippen molar-refractivity contribution in [3.8, 4) is 10.6 Å². The van der Waals surface area contributed by atoms with E-state index < -0.39 is 5.91 Å². The topological polar surface area (TPSA) is 99.3 Å². The number of nitrogen functional groups attached to an aromatic ring is 1. The molecule has 1 saturated carbocycles. The summed E-state index contributed by atoms with van der Waals surface area (Å²) in [6.07, 6.45) is 6.15. The van der Waals surface area contributed by atoms with Crippen LogP contribution in [0.25, 0.3) is 10.6 Å². The Bertz CT molecular complexity index is 786. The second-order valence-corrected chi connectivity index (χ2v) is 6.86. The fraction of sp³-hybridized carbons (Fsp3) is 0.438. The molecule has 0 saturated heterocycles. The summed E-state index contributed by atoms with van der Waals surface area (Å²) in [6, 6.07) is 5.61. The number of carbonyl (C=O) groups excluding carboxylic acids is 1. The first-order valence-electron chi connectivity index (χ1n) is 7.82. The van der Waals surface area contributed by atoms with Gasteiger partial charge in [-0.05, 0) is 25.0 Å². The first-order chi connectivity index (χ1) is 11.0. The molecule has 122 valence electrons. The number of aryl methyl sites for hydroxylation is 1. The van der Waals surface area contributed by atoms with E-state index in [9.17, 15) is 4.79 Å². The number of hydrogen-bond donors (Lipinski definition) is 2. The molecule has 0 unspecified atom stereocenters. The lowest BCUT2D eigenvalue weighted by Gasteiger charge is -2.16. The smallest absolute Gasteiger partial charge is 0.250 e. The standard InChI is InChI=1S/C16H21N5OS/c1-21-16(19-11-5-3-2-4-6-11)23-15(20-21)10-7-8-12(14(18)22)13(17)9-10/h7-9,11H,2-6,17H2,1H3,(H2,18,22)/b19-16+. The second-order valence-electron chi connectivity index (χ2n) is 5.90. The van der Waals surface area contributed by atoms with Crippen LogP contribution in [0.15, 0.2) is 23.2 Å². The van der Waals surface area contributed by atoms with Crippen LogP contribution in [0.5, 0.6) is 0 Å². The maximum Gasteiger partial charge on any atom is 0.250 e. The van der Waals surface area contributed by atoms with E-state index in [4.69, 9.17) is 16.5 Å². The van der Waals surface area contributed by atoms with Gasteiger partial charge < -0.3 is 11.5 Å². The third kappa shape index (κ3) is 3.44. The Labute approximate surface area is 138 Å². The van der Waals surface area contributed by atoms with Crippen molar-refractivity contribution in [3.05, 3.63) is 28.6 Å². The molecule has 1 aliphatic carbocycles. The average molecular weight is 331 g/mol. The van der Waals surface area contributed by atoms with E-state index in [1.54, 1.807) is 23.5 Å². The summed E-state index contributed by atoms with van der Waals surface area (Å²) in [6.45, 7) is 0. The van der Waals surface area contributed by atoms with E-state index >= 15 is 0 Å². The molecule has 0 radical (unpaired) electrons. The number of rotatable bonds is 3. The number of aromatic nitrogens is 2. The zero-order chi connectivity index (χ0) is 16.4. The van der Waals surface area contributed by atoms with E-state index in [1.807, 2.05) is 17.8 Å². The van der Waals surface area contributed by atoms with Crippen molar-refractivity contribution in [1.29, 1.82) is 0 Å². The highest BCUT2D eigenvalue weighted by atomic mass is 32.1. The lowest BCUT2D eigenvalue weighted by Crippen LogP contribution is -2.18. The summed E-state index contributed by atoms with van der Waals surface area (Å²) in [5.41, 5.74) is 12.8. The van der Waals surface area contributed by atoms with Crippen LogP contribution < -0.4 is 16.3 Å². The largest absolute Gasteiger partial charge is 0.398 e. The SMILES string of the molecule is Cn1nc(-c2ccc(C(N)=O)c(N)c2)s/c1=N/C1CCCCC1. The fourth-order valence-corrected chi connectivity index (χ4v) is 3.82. The molecule has 3 rings (SSSR count). The molecule has 7 heteroatoms. The lowest BCUT2D eigenvalue weighted by atomic mass is 9.96. The number of hydrogen-bond acceptors (Lipinski definition) is 5. The van der Waals surface area contributed by atoms with Crippen LogP contribution in [0.1, 0.15) is 42.5 Å². The average Bonchev–Trinajstić information content (AvgIpc) is 2.89. The summed E-state index contributed by atoms with van der Waals surface area (Å²) in [4.78, 5) is 17.0. The highest BCUT2D eigenvalue weighted by molar-refractivity contribution is 7.12. The van der Waals surface area contributed by atoms with E-state index in [2.05, 4.69) is 5.10 Å².